The van der Waals surface area contributed by atoms with Crippen molar-refractivity contribution >= 4 is 33.8 Å². The van der Waals surface area contributed by atoms with E-state index in [1.165, 1.54) is 15.2 Å². The topological polar surface area (TPSA) is 40.1 Å². The van der Waals surface area contributed by atoms with Gasteiger partial charge in [0.15, 0.2) is 11.7 Å². The fourth-order valence-electron chi connectivity index (χ4n) is 3.23. The van der Waals surface area contributed by atoms with Crippen molar-refractivity contribution in [3.8, 4) is 0 Å². The van der Waals surface area contributed by atoms with Gasteiger partial charge in [0.05, 0.1) is 17.3 Å². The fraction of sp³-hybridized carbons (Fsp3) is 0.286. The molecule has 1 unspecified atom stereocenters. The van der Waals surface area contributed by atoms with Gasteiger partial charge in [0.2, 0.25) is 4.77 Å². The van der Waals surface area contributed by atoms with Gasteiger partial charge in [-0.25, -0.2) is 4.98 Å². The van der Waals surface area contributed by atoms with Crippen LogP contribution in [0.5, 0.6) is 0 Å². The molecule has 28 heavy (non-hydrogen) atoms. The summed E-state index contributed by atoms with van der Waals surface area (Å²) in [5.41, 5.74) is 2.31. The quantitative estimate of drug-likeness (QED) is 0.496. The second kappa shape index (κ2) is 7.95. The van der Waals surface area contributed by atoms with E-state index in [9.17, 15) is 0 Å². The van der Waals surface area contributed by atoms with Crippen LogP contribution in [0.15, 0.2) is 54.6 Å². The van der Waals surface area contributed by atoms with Crippen molar-refractivity contribution in [2.45, 2.75) is 26.1 Å². The molecule has 0 saturated heterocycles. The van der Waals surface area contributed by atoms with E-state index in [1.54, 1.807) is 11.3 Å². The Bertz CT molecular complexity index is 1110. The molecule has 2 aromatic carbocycles. The number of thiazole rings is 1. The highest BCUT2D eigenvalue weighted by Gasteiger charge is 2.21. The molecule has 5 nitrogen and oxygen atoms in total. The Morgan fingerprint density at radius 3 is 2.57 bits per heavy atom. The largest absolute Gasteiger partial charge is 0.311 e. The molecule has 4 rings (SSSR count). The number of quaternary nitrogens is 1. The molecular weight excluding hydrogens is 386 g/mol. The average molecular weight is 411 g/mol. The smallest absolute Gasteiger partial charge is 0.202 e. The number of aromatic nitrogens is 4. The number of benzene rings is 2. The molecule has 0 spiro atoms. The number of fused-ring (bicyclic) bond motifs is 1. The van der Waals surface area contributed by atoms with Crippen LogP contribution < -0.4 is 4.90 Å². The Labute approximate surface area is 173 Å². The normalized spacial score (nSPS) is 13.7. The summed E-state index contributed by atoms with van der Waals surface area (Å²) in [5, 5.41) is 5.95. The molecule has 7 heteroatoms. The summed E-state index contributed by atoms with van der Waals surface area (Å²) >= 11 is 7.41. The molecule has 144 valence electrons. The van der Waals surface area contributed by atoms with Crippen molar-refractivity contribution in [3.05, 3.63) is 75.8 Å². The van der Waals surface area contributed by atoms with E-state index in [0.717, 1.165) is 27.5 Å². The molecule has 1 N–H and O–H groups in total. The van der Waals surface area contributed by atoms with Crippen molar-refractivity contribution in [2.24, 2.45) is 7.05 Å². The number of para-hydroxylation sites is 1. The third-order valence-corrected chi connectivity index (χ3v) is 6.86. The molecular formula is C21H24N5S2+. The summed E-state index contributed by atoms with van der Waals surface area (Å²) in [6.45, 7) is 2.92. The van der Waals surface area contributed by atoms with Crippen molar-refractivity contribution in [1.29, 1.82) is 0 Å². The van der Waals surface area contributed by atoms with E-state index in [4.69, 9.17) is 22.3 Å². The predicted molar refractivity (Wildman–Crippen MR) is 116 cm³/mol. The number of nitrogens with one attached hydrogen (secondary N) is 1. The van der Waals surface area contributed by atoms with Crippen LogP contribution in [-0.2, 0) is 20.1 Å². The molecule has 2 heterocycles. The van der Waals surface area contributed by atoms with Crippen LogP contribution in [0, 0.1) is 4.77 Å². The monoisotopic (exact) mass is 410 g/mol. The number of hydrogen-bond acceptors (Lipinski definition) is 4. The Kier molecular flexibility index (Phi) is 5.39. The molecule has 2 aromatic heterocycles. The summed E-state index contributed by atoms with van der Waals surface area (Å²) in [4.78, 5) is 6.12. The van der Waals surface area contributed by atoms with Crippen LogP contribution in [0.25, 0.3) is 10.2 Å². The van der Waals surface area contributed by atoms with Crippen LogP contribution in [0.3, 0.4) is 0 Å². The summed E-state index contributed by atoms with van der Waals surface area (Å²) in [5.74, 6) is 0.983. The first-order valence-corrected chi connectivity index (χ1v) is 10.6. The third-order valence-electron chi connectivity index (χ3n) is 5.16. The van der Waals surface area contributed by atoms with E-state index in [2.05, 4.69) is 56.4 Å². The Hall–Kier alpha value is -2.35. The van der Waals surface area contributed by atoms with Crippen molar-refractivity contribution < 1.29 is 4.90 Å². The Balaban J connectivity index is 1.53. The standard InChI is InChI=1S/C21H23N5S2/c1-15(20-22-17-11-7-8-12-18(17)28-20)24(2)14-26-21(27)25(3)19(23-26)13-16-9-5-4-6-10-16/h4-12,15H,13-14H2,1-3H3/p+1/t15-/m0/s1. The minimum Gasteiger partial charge on any atom is -0.311 e. The lowest BCUT2D eigenvalue weighted by Crippen LogP contribution is -3.08. The van der Waals surface area contributed by atoms with Crippen LogP contribution in [-0.4, -0.2) is 26.4 Å². The van der Waals surface area contributed by atoms with Gasteiger partial charge in [-0.2, -0.15) is 9.78 Å². The molecule has 0 aliphatic heterocycles. The summed E-state index contributed by atoms with van der Waals surface area (Å²) < 4.78 is 5.93. The number of nitrogens with zero attached hydrogens (tertiary/aromatic N) is 4. The maximum Gasteiger partial charge on any atom is 0.202 e. The zero-order chi connectivity index (χ0) is 19.7. The lowest BCUT2D eigenvalue weighted by molar-refractivity contribution is -0.933. The van der Waals surface area contributed by atoms with Gasteiger partial charge in [-0.3, -0.25) is 0 Å². The van der Waals surface area contributed by atoms with Gasteiger partial charge in [-0.15, -0.1) is 11.3 Å². The lowest BCUT2D eigenvalue weighted by Gasteiger charge is -2.19. The molecule has 4 aromatic rings. The molecule has 0 amide bonds. The van der Waals surface area contributed by atoms with Gasteiger partial charge < -0.3 is 9.47 Å². The second-order valence-corrected chi connectivity index (χ2v) is 8.59. The van der Waals surface area contributed by atoms with Gasteiger partial charge in [0.1, 0.15) is 11.9 Å². The summed E-state index contributed by atoms with van der Waals surface area (Å²) in [6, 6.07) is 18.9. The lowest BCUT2D eigenvalue weighted by atomic mass is 10.1. The maximum atomic E-state index is 5.64. The Morgan fingerprint density at radius 1 is 1.11 bits per heavy atom. The molecule has 0 radical (unpaired) electrons. The van der Waals surface area contributed by atoms with E-state index in [1.807, 2.05) is 28.4 Å². The van der Waals surface area contributed by atoms with E-state index < -0.39 is 0 Å². The molecule has 0 aliphatic rings. The van der Waals surface area contributed by atoms with Crippen molar-refractivity contribution in [1.82, 2.24) is 19.3 Å². The van der Waals surface area contributed by atoms with Crippen LogP contribution >= 0.6 is 23.6 Å². The van der Waals surface area contributed by atoms with Crippen molar-refractivity contribution in [2.75, 3.05) is 7.05 Å². The van der Waals surface area contributed by atoms with Crippen LogP contribution in [0.2, 0.25) is 0 Å². The zero-order valence-electron chi connectivity index (χ0n) is 16.3. The number of rotatable bonds is 6. The van der Waals surface area contributed by atoms with Gasteiger partial charge in [0, 0.05) is 13.5 Å². The highest BCUT2D eigenvalue weighted by atomic mass is 32.1. The molecule has 0 saturated carbocycles. The van der Waals surface area contributed by atoms with Gasteiger partial charge in [-0.1, -0.05) is 42.5 Å². The van der Waals surface area contributed by atoms with Gasteiger partial charge in [0.25, 0.3) is 0 Å². The van der Waals surface area contributed by atoms with E-state index >= 15 is 0 Å². The minimum absolute atomic E-state index is 0.263. The van der Waals surface area contributed by atoms with E-state index in [-0.39, 0.29) is 6.04 Å². The fourth-order valence-corrected chi connectivity index (χ4v) is 4.55. The average Bonchev–Trinajstić information content (AvgIpc) is 3.25. The predicted octanol–water partition coefficient (Wildman–Crippen LogP) is 3.38. The first-order chi connectivity index (χ1) is 13.5. The highest BCUT2D eigenvalue weighted by molar-refractivity contribution is 7.71. The van der Waals surface area contributed by atoms with E-state index in [0.29, 0.717) is 6.67 Å². The summed E-state index contributed by atoms with van der Waals surface area (Å²) in [6.07, 6.45) is 0.778. The van der Waals surface area contributed by atoms with Crippen LogP contribution in [0.4, 0.5) is 0 Å². The van der Waals surface area contributed by atoms with Crippen LogP contribution in [0.1, 0.15) is 29.4 Å². The Morgan fingerprint density at radius 2 is 1.82 bits per heavy atom. The van der Waals surface area contributed by atoms with Gasteiger partial charge in [-0.05, 0) is 36.8 Å². The minimum atomic E-state index is 0.263. The molecule has 0 bridgehead atoms. The zero-order valence-corrected chi connectivity index (χ0v) is 17.9. The SMILES string of the molecule is C[C@@H](c1nc2ccccc2s1)[NH+](C)Cn1nc(Cc2ccccc2)n(C)c1=S. The van der Waals surface area contributed by atoms with Gasteiger partial charge >= 0.3 is 0 Å². The molecule has 0 aliphatic carbocycles. The summed E-state index contributed by atoms with van der Waals surface area (Å²) in [7, 11) is 4.17. The first-order valence-electron chi connectivity index (χ1n) is 9.37. The molecule has 2 atom stereocenters. The molecule has 0 fully saturated rings. The maximum absolute atomic E-state index is 5.64. The van der Waals surface area contributed by atoms with Crippen molar-refractivity contribution in [3.63, 3.8) is 0 Å². The first kappa shape index (κ1) is 19.0. The highest BCUT2D eigenvalue weighted by Crippen LogP contribution is 2.24. The second-order valence-electron chi connectivity index (χ2n) is 7.17. The number of hydrogen-bond donors (Lipinski definition) is 1. The third kappa shape index (κ3) is 3.78.